The van der Waals surface area contributed by atoms with Crippen LogP contribution in [0.3, 0.4) is 0 Å². The predicted molar refractivity (Wildman–Crippen MR) is 87.2 cm³/mol. The molecule has 0 N–H and O–H groups in total. The molecule has 0 aromatic heterocycles. The highest BCUT2D eigenvalue weighted by molar-refractivity contribution is 5.54. The summed E-state index contributed by atoms with van der Waals surface area (Å²) in [4.78, 5) is 0. The van der Waals surface area contributed by atoms with Gasteiger partial charge in [-0.1, -0.05) is 48.5 Å². The molecule has 2 bridgehead atoms. The van der Waals surface area contributed by atoms with E-state index < -0.39 is 0 Å². The zero-order valence-electron chi connectivity index (χ0n) is 12.9. The van der Waals surface area contributed by atoms with Crippen LogP contribution >= 0.6 is 0 Å². The summed E-state index contributed by atoms with van der Waals surface area (Å²) in [7, 11) is 0. The molecule has 2 unspecified atom stereocenters. The van der Waals surface area contributed by atoms with E-state index in [1.165, 1.54) is 22.3 Å². The Morgan fingerprint density at radius 1 is 0.739 bits per heavy atom. The highest BCUT2D eigenvalue weighted by atomic mass is 15.3. The van der Waals surface area contributed by atoms with E-state index in [1.54, 1.807) is 0 Å². The van der Waals surface area contributed by atoms with Crippen LogP contribution in [0.4, 0.5) is 0 Å². The average molecular weight is 298 g/mol. The number of hydrogen-bond donors (Lipinski definition) is 0. The van der Waals surface area contributed by atoms with E-state index in [0.717, 1.165) is 36.5 Å². The van der Waals surface area contributed by atoms with Gasteiger partial charge in [0.15, 0.2) is 0 Å². The first kappa shape index (κ1) is 11.6. The van der Waals surface area contributed by atoms with Crippen molar-refractivity contribution in [2.24, 2.45) is 39.8 Å². The van der Waals surface area contributed by atoms with E-state index >= 15 is 0 Å². The molecule has 1 spiro atoms. The second-order valence-electron chi connectivity index (χ2n) is 8.12. The molecule has 1 heterocycles. The first-order valence-electron chi connectivity index (χ1n) is 9.00. The fourth-order valence-electron chi connectivity index (χ4n) is 6.54. The van der Waals surface area contributed by atoms with Crippen molar-refractivity contribution in [2.75, 3.05) is 0 Å². The van der Waals surface area contributed by atoms with Crippen molar-refractivity contribution in [3.8, 4) is 0 Å². The maximum absolute atomic E-state index is 5.07. The zero-order chi connectivity index (χ0) is 14.8. The van der Waals surface area contributed by atoms with E-state index in [0.29, 0.717) is 12.0 Å². The fourth-order valence-corrected chi connectivity index (χ4v) is 6.54. The molecule has 0 amide bonds. The number of rotatable bonds is 0. The normalized spacial score (nSPS) is 41.7. The monoisotopic (exact) mass is 298 g/mol. The molecule has 8 rings (SSSR count). The second kappa shape index (κ2) is 3.43. The van der Waals surface area contributed by atoms with Gasteiger partial charge in [0, 0.05) is 5.92 Å². The average Bonchev–Trinajstić information content (AvgIpc) is 3.38. The summed E-state index contributed by atoms with van der Waals surface area (Å²) in [5.74, 6) is 4.42. The van der Waals surface area contributed by atoms with Gasteiger partial charge in [-0.3, -0.25) is 0 Å². The largest absolute Gasteiger partial charge is 0.189 e. The van der Waals surface area contributed by atoms with Crippen LogP contribution in [0.25, 0.3) is 0 Å². The third kappa shape index (κ3) is 1.10. The molecule has 0 saturated heterocycles. The SMILES string of the molecule is c1ccc2c(c1)CCc1ccccc1C21N=N[C@H]2C3C4C3C4[C@H]21. The van der Waals surface area contributed by atoms with Gasteiger partial charge in [-0.15, -0.1) is 0 Å². The maximum atomic E-state index is 5.07. The van der Waals surface area contributed by atoms with Gasteiger partial charge in [-0.25, -0.2) is 0 Å². The van der Waals surface area contributed by atoms with Gasteiger partial charge in [-0.05, 0) is 58.8 Å². The Morgan fingerprint density at radius 3 is 2.00 bits per heavy atom. The Bertz CT molecular complexity index is 841. The minimum atomic E-state index is -0.183. The molecule has 0 radical (unpaired) electrons. The van der Waals surface area contributed by atoms with E-state index in [2.05, 4.69) is 48.5 Å². The summed E-state index contributed by atoms with van der Waals surface area (Å²) in [5, 5.41) is 9.96. The predicted octanol–water partition coefficient (Wildman–Crippen LogP) is 3.99. The van der Waals surface area contributed by atoms with Gasteiger partial charge < -0.3 is 0 Å². The van der Waals surface area contributed by atoms with E-state index in [4.69, 9.17) is 10.2 Å². The Morgan fingerprint density at radius 2 is 1.35 bits per heavy atom. The molecular formula is C21H18N2. The summed E-state index contributed by atoms with van der Waals surface area (Å²) in [5.41, 5.74) is 5.70. The van der Waals surface area contributed by atoms with Crippen LogP contribution in [0, 0.1) is 29.6 Å². The molecule has 4 atom stereocenters. The Hall–Kier alpha value is -1.96. The molecule has 1 aliphatic heterocycles. The van der Waals surface area contributed by atoms with Gasteiger partial charge in [0.05, 0.1) is 6.04 Å². The number of hydrogen-bond acceptors (Lipinski definition) is 2. The van der Waals surface area contributed by atoms with Crippen molar-refractivity contribution in [2.45, 2.75) is 24.4 Å². The Balaban J connectivity index is 1.58. The van der Waals surface area contributed by atoms with Gasteiger partial charge in [0.1, 0.15) is 5.54 Å². The van der Waals surface area contributed by atoms with Gasteiger partial charge in [-0.2, -0.15) is 10.2 Å². The number of aryl methyl sites for hydroxylation is 2. The Kier molecular flexibility index (Phi) is 1.72. The zero-order valence-corrected chi connectivity index (χ0v) is 12.9. The van der Waals surface area contributed by atoms with E-state index in [1.807, 2.05) is 0 Å². The smallest absolute Gasteiger partial charge is 0.137 e. The second-order valence-corrected chi connectivity index (χ2v) is 8.12. The van der Waals surface area contributed by atoms with Crippen molar-refractivity contribution in [1.29, 1.82) is 0 Å². The van der Waals surface area contributed by atoms with E-state index in [-0.39, 0.29) is 5.54 Å². The summed E-state index contributed by atoms with van der Waals surface area (Å²) in [6.45, 7) is 0. The first-order chi connectivity index (χ1) is 11.4. The quantitative estimate of drug-likeness (QED) is 0.703. The van der Waals surface area contributed by atoms with Gasteiger partial charge in [0.25, 0.3) is 0 Å². The minimum absolute atomic E-state index is 0.183. The summed E-state index contributed by atoms with van der Waals surface area (Å²) in [6, 6.07) is 18.6. The van der Waals surface area contributed by atoms with Gasteiger partial charge in [0.2, 0.25) is 0 Å². The van der Waals surface area contributed by atoms with Crippen LogP contribution in [0.15, 0.2) is 58.8 Å². The number of azo groups is 1. The Labute approximate surface area is 135 Å². The molecule has 2 heteroatoms. The lowest BCUT2D eigenvalue weighted by atomic mass is 9.70. The third-order valence-corrected chi connectivity index (χ3v) is 7.47. The first-order valence-corrected chi connectivity index (χ1v) is 9.00. The molecule has 2 aromatic carbocycles. The standard InChI is InChI=1S/C21H18N2/c1-3-7-13-11(5-1)9-10-12-6-2-4-8-14(12)21(13)19-17-15-16(17)18(15)20(19)22-23-21/h1-8,15-20H,9-10H2/t15?,16?,17?,18?,19-,20+/m1/s1. The highest BCUT2D eigenvalue weighted by Crippen LogP contribution is 2.87. The third-order valence-electron chi connectivity index (χ3n) is 7.47. The lowest BCUT2D eigenvalue weighted by molar-refractivity contribution is 0.337. The molecule has 2 nitrogen and oxygen atoms in total. The van der Waals surface area contributed by atoms with Crippen LogP contribution in [0.2, 0.25) is 0 Å². The van der Waals surface area contributed by atoms with E-state index in [9.17, 15) is 0 Å². The molecule has 4 saturated carbocycles. The highest BCUT2D eigenvalue weighted by Gasteiger charge is 2.88. The van der Waals surface area contributed by atoms with Crippen LogP contribution in [0.1, 0.15) is 22.3 Å². The summed E-state index contributed by atoms with van der Waals surface area (Å²) in [6.07, 6.45) is 2.26. The number of fused-ring (bicyclic) bond motifs is 4. The molecule has 112 valence electrons. The lowest BCUT2D eigenvalue weighted by Crippen LogP contribution is -2.36. The molecular weight excluding hydrogens is 280 g/mol. The molecule has 23 heavy (non-hydrogen) atoms. The van der Waals surface area contributed by atoms with Crippen molar-refractivity contribution in [1.82, 2.24) is 0 Å². The number of nitrogens with zero attached hydrogens (tertiary/aromatic N) is 2. The number of benzene rings is 2. The maximum Gasteiger partial charge on any atom is 0.137 e. The van der Waals surface area contributed by atoms with Crippen LogP contribution < -0.4 is 0 Å². The van der Waals surface area contributed by atoms with Crippen LogP contribution in [-0.2, 0) is 18.4 Å². The van der Waals surface area contributed by atoms with Crippen LogP contribution in [-0.4, -0.2) is 6.04 Å². The molecule has 5 aliphatic carbocycles. The van der Waals surface area contributed by atoms with Crippen molar-refractivity contribution < 1.29 is 0 Å². The van der Waals surface area contributed by atoms with Crippen molar-refractivity contribution >= 4 is 0 Å². The summed E-state index contributed by atoms with van der Waals surface area (Å²) < 4.78 is 0. The lowest BCUT2D eigenvalue weighted by Gasteiger charge is -2.34. The summed E-state index contributed by atoms with van der Waals surface area (Å²) >= 11 is 0. The molecule has 2 aromatic rings. The van der Waals surface area contributed by atoms with Crippen molar-refractivity contribution in [3.63, 3.8) is 0 Å². The van der Waals surface area contributed by atoms with Crippen molar-refractivity contribution in [3.05, 3.63) is 70.8 Å². The van der Waals surface area contributed by atoms with Gasteiger partial charge >= 0.3 is 0 Å². The fraction of sp³-hybridized carbons (Fsp3) is 0.429. The minimum Gasteiger partial charge on any atom is -0.189 e. The molecule has 6 aliphatic rings. The van der Waals surface area contributed by atoms with Crippen LogP contribution in [0.5, 0.6) is 0 Å². The topological polar surface area (TPSA) is 24.7 Å². The molecule has 4 fully saturated rings.